The Labute approximate surface area is 147 Å². The van der Waals surface area contributed by atoms with Gasteiger partial charge in [-0.25, -0.2) is 0 Å². The van der Waals surface area contributed by atoms with E-state index in [0.717, 1.165) is 15.0 Å². The second kappa shape index (κ2) is 7.14. The van der Waals surface area contributed by atoms with E-state index in [9.17, 15) is 14.0 Å². The van der Waals surface area contributed by atoms with Crippen LogP contribution in [0.3, 0.4) is 0 Å². The molecule has 0 bridgehead atoms. The number of anilines is 1. The molecule has 1 atom stereocenters. The molecule has 0 aliphatic carbocycles. The van der Waals surface area contributed by atoms with E-state index in [-0.39, 0.29) is 11.3 Å². The van der Waals surface area contributed by atoms with Gasteiger partial charge in [-0.2, -0.15) is 0 Å². The Morgan fingerprint density at radius 3 is 2.92 bits per heavy atom. The summed E-state index contributed by atoms with van der Waals surface area (Å²) in [5.41, 5.74) is 0.741. The number of hydrogen-bond donors (Lipinski definition) is 0. The Balaban J connectivity index is 1.88. The van der Waals surface area contributed by atoms with Gasteiger partial charge in [0.2, 0.25) is 0 Å². The van der Waals surface area contributed by atoms with Crippen molar-refractivity contribution in [2.75, 3.05) is 11.6 Å². The van der Waals surface area contributed by atoms with Crippen molar-refractivity contribution in [1.82, 2.24) is 5.16 Å². The number of amides is 1. The van der Waals surface area contributed by atoms with Crippen molar-refractivity contribution in [1.29, 1.82) is 0 Å². The van der Waals surface area contributed by atoms with Crippen molar-refractivity contribution in [3.8, 4) is 0 Å². The topological polar surface area (TPSA) is 72.6 Å². The van der Waals surface area contributed by atoms with Crippen LogP contribution in [-0.4, -0.2) is 30.7 Å². The van der Waals surface area contributed by atoms with E-state index in [1.807, 2.05) is 11.4 Å². The maximum absolute atomic E-state index is 14.8. The number of hydrogen-bond acceptors (Lipinski definition) is 6. The number of fused-ring (bicyclic) bond motifs is 1. The first kappa shape index (κ1) is 17.3. The van der Waals surface area contributed by atoms with Crippen molar-refractivity contribution >= 4 is 46.0 Å². The fraction of sp³-hybridized carbons (Fsp3) is 0.250. The van der Waals surface area contributed by atoms with Gasteiger partial charge in [-0.05, 0) is 0 Å². The van der Waals surface area contributed by atoms with Crippen LogP contribution in [0.25, 0.3) is 10.1 Å². The molecule has 0 aliphatic rings. The van der Waals surface area contributed by atoms with E-state index < -0.39 is 24.8 Å². The average Bonchev–Trinajstić information content (AvgIpc) is 3.22. The van der Waals surface area contributed by atoms with Crippen molar-refractivity contribution in [3.05, 3.63) is 40.8 Å². The molecule has 1 aromatic carbocycles. The number of esters is 1. The van der Waals surface area contributed by atoms with E-state index in [2.05, 4.69) is 5.16 Å². The third-order valence-electron chi connectivity index (χ3n) is 3.53. The molecule has 0 N–H and O–H groups in total. The van der Waals surface area contributed by atoms with Crippen molar-refractivity contribution < 1.29 is 23.2 Å². The molecule has 0 aliphatic heterocycles. The number of nitrogens with zero attached hydrogens (tertiary/aromatic N) is 2. The van der Waals surface area contributed by atoms with Gasteiger partial charge >= 0.3 is 147 Å². The minimum absolute atomic E-state index is 0.0167. The van der Waals surface area contributed by atoms with Gasteiger partial charge in [-0.1, -0.05) is 0 Å². The number of carbonyl (C=O) groups excluding carboxylic acids is 2. The molecule has 25 heavy (non-hydrogen) atoms. The molecule has 0 saturated carbocycles. The number of alkyl halides is 1. The first-order valence-corrected chi connectivity index (χ1v) is 8.33. The van der Waals surface area contributed by atoms with Crippen molar-refractivity contribution in [3.63, 3.8) is 0 Å². The van der Waals surface area contributed by atoms with Gasteiger partial charge in [0, 0.05) is 0 Å². The molecule has 0 fully saturated rings. The molecule has 9 heteroatoms. The molecule has 128 valence electrons. The fourth-order valence-corrected chi connectivity index (χ4v) is 3.06. The molecule has 0 saturated heterocycles. The Bertz CT molecular complexity index is 926. The summed E-state index contributed by atoms with van der Waals surface area (Å²) in [5, 5.41) is 6.44. The number of ether oxygens (including phenoxy) is 1. The van der Waals surface area contributed by atoms with Crippen molar-refractivity contribution in [2.45, 2.75) is 20.0 Å². The first-order valence-electron chi connectivity index (χ1n) is 7.45. The summed E-state index contributed by atoms with van der Waals surface area (Å²) < 4.78 is 25.7. The van der Waals surface area contributed by atoms with E-state index in [1.165, 1.54) is 25.2 Å². The summed E-state index contributed by atoms with van der Waals surface area (Å²) in [7, 11) is 0. The van der Waals surface area contributed by atoms with Gasteiger partial charge in [0.1, 0.15) is 0 Å². The Kier molecular flexibility index (Phi) is 4.94. The number of benzene rings is 1. The second-order valence-corrected chi connectivity index (χ2v) is 6.37. The summed E-state index contributed by atoms with van der Waals surface area (Å²) >= 11 is 1.53. The summed E-state index contributed by atoms with van der Waals surface area (Å²) in [4.78, 5) is 24.6. The van der Waals surface area contributed by atoms with Crippen LogP contribution in [0, 0.1) is 6.92 Å². The van der Waals surface area contributed by atoms with Crippen LogP contribution in [0.1, 0.15) is 24.2 Å². The number of aromatic nitrogens is 1. The second-order valence-electron chi connectivity index (χ2n) is 5.42. The standard InChI is InChI=1S/C16H14BFN2O4S/c1-9-17-16(24-19-9)20(8-23-10(2)21)15(22)14(18)12-3-4-13-11(7-12)5-6-25-13/h3-7,14H,8H2,1-2H3. The van der Waals surface area contributed by atoms with Crippen molar-refractivity contribution in [2.24, 2.45) is 0 Å². The molecule has 1 amide bonds. The molecule has 0 spiro atoms. The molecule has 3 rings (SSSR count). The average molecular weight is 360 g/mol. The van der Waals surface area contributed by atoms with Crippen LogP contribution in [0.15, 0.2) is 34.2 Å². The van der Waals surface area contributed by atoms with Gasteiger partial charge < -0.3 is 0 Å². The molecule has 2 heterocycles. The Hall–Kier alpha value is -2.55. The summed E-state index contributed by atoms with van der Waals surface area (Å²) in [6.45, 7) is 3.88. The zero-order valence-corrected chi connectivity index (χ0v) is 14.4. The van der Waals surface area contributed by atoms with E-state index >= 15 is 0 Å². The molecule has 6 nitrogen and oxygen atoms in total. The predicted molar refractivity (Wildman–Crippen MR) is 92.4 cm³/mol. The van der Waals surface area contributed by atoms with Crippen LogP contribution in [0.2, 0.25) is 0 Å². The zero-order chi connectivity index (χ0) is 18.0. The molecule has 3 aromatic rings. The Morgan fingerprint density at radius 2 is 2.24 bits per heavy atom. The van der Waals surface area contributed by atoms with Crippen LogP contribution < -0.4 is 4.90 Å². The third kappa shape index (κ3) is 3.76. The monoisotopic (exact) mass is 360 g/mol. The van der Waals surface area contributed by atoms with Crippen LogP contribution in [-0.2, 0) is 14.3 Å². The van der Waals surface area contributed by atoms with E-state index in [4.69, 9.17) is 9.26 Å². The van der Waals surface area contributed by atoms with Gasteiger partial charge in [-0.3, -0.25) is 0 Å². The normalized spacial score (nSPS) is 12.0. The van der Waals surface area contributed by atoms with Gasteiger partial charge in [0.15, 0.2) is 0 Å². The van der Waals surface area contributed by atoms with Crippen LogP contribution in [0.4, 0.5) is 10.2 Å². The summed E-state index contributed by atoms with van der Waals surface area (Å²) in [6.07, 6.45) is -1.93. The molecule has 1 unspecified atom stereocenters. The predicted octanol–water partition coefficient (Wildman–Crippen LogP) is 3.10. The minimum atomic E-state index is -1.93. The molecule has 0 radical (unpaired) electrons. The number of thiophene rings is 1. The fourth-order valence-electron chi connectivity index (χ4n) is 2.29. The quantitative estimate of drug-likeness (QED) is 0.516. The number of halogens is 1. The summed E-state index contributed by atoms with van der Waals surface area (Å²) in [6, 6.07) is 6.82. The Morgan fingerprint density at radius 1 is 1.44 bits per heavy atom. The van der Waals surface area contributed by atoms with Gasteiger partial charge in [0.05, 0.1) is 0 Å². The van der Waals surface area contributed by atoms with Gasteiger partial charge in [-0.15, -0.1) is 0 Å². The van der Waals surface area contributed by atoms with E-state index in [0.29, 0.717) is 5.59 Å². The molecule has 2 aromatic heterocycles. The zero-order valence-electron chi connectivity index (χ0n) is 13.6. The number of aryl methyl sites for hydroxylation is 1. The third-order valence-corrected chi connectivity index (χ3v) is 4.43. The maximum atomic E-state index is 14.8. The van der Waals surface area contributed by atoms with Crippen LogP contribution >= 0.6 is 11.3 Å². The molecular weight excluding hydrogens is 346 g/mol. The number of rotatable bonds is 5. The SMILES string of the molecule is CC(=O)OCN(C(=O)C(F)c1ccc2sccc2c1)c1bc(C)no1. The first-order chi connectivity index (χ1) is 12.0. The molecular formula is C16H14BFN2O4S. The van der Waals surface area contributed by atoms with Gasteiger partial charge in [0.25, 0.3) is 0 Å². The van der Waals surface area contributed by atoms with Crippen LogP contribution in [0.5, 0.6) is 0 Å². The summed E-state index contributed by atoms with van der Waals surface area (Å²) in [5.74, 6) is -1.47. The van der Waals surface area contributed by atoms with E-state index in [1.54, 1.807) is 25.1 Å². The number of carbonyl (C=O) groups is 2.